The van der Waals surface area contributed by atoms with Gasteiger partial charge in [0.2, 0.25) is 0 Å². The molecule has 0 spiro atoms. The molecule has 4 nitrogen and oxygen atoms in total. The molecule has 0 amide bonds. The third-order valence-corrected chi connectivity index (χ3v) is 3.08. The number of nitrogens with one attached hydrogen (secondary N) is 1. The van der Waals surface area contributed by atoms with Crippen LogP contribution in [-0.4, -0.2) is 23.2 Å². The number of anilines is 1. The first-order valence-corrected chi connectivity index (χ1v) is 6.40. The molecule has 1 atom stereocenters. The van der Waals surface area contributed by atoms with Crippen molar-refractivity contribution in [3.05, 3.63) is 29.8 Å². The lowest BCUT2D eigenvalue weighted by Gasteiger charge is -2.16. The fourth-order valence-electron chi connectivity index (χ4n) is 1.81. The lowest BCUT2D eigenvalue weighted by molar-refractivity contribution is -0.138. The maximum atomic E-state index is 10.7. The first-order valence-electron chi connectivity index (χ1n) is 6.40. The van der Waals surface area contributed by atoms with E-state index in [1.807, 2.05) is 24.3 Å². The molecule has 1 aromatic carbocycles. The highest BCUT2D eigenvalue weighted by Gasteiger charge is 2.11. The van der Waals surface area contributed by atoms with Gasteiger partial charge in [-0.15, -0.1) is 24.8 Å². The zero-order chi connectivity index (χ0) is 13.5. The number of hydrogen-bond donors (Lipinski definition) is 3. The topological polar surface area (TPSA) is 75.3 Å². The molecule has 20 heavy (non-hydrogen) atoms. The van der Waals surface area contributed by atoms with Crippen LogP contribution in [0.1, 0.15) is 32.3 Å². The van der Waals surface area contributed by atoms with E-state index in [0.29, 0.717) is 12.5 Å². The molecule has 6 heteroatoms. The number of benzene rings is 1. The summed E-state index contributed by atoms with van der Waals surface area (Å²) in [6.45, 7) is 4.31. The summed E-state index contributed by atoms with van der Waals surface area (Å²) in [7, 11) is 0. The second-order valence-electron chi connectivity index (χ2n) is 4.50. The van der Waals surface area contributed by atoms with Crippen LogP contribution in [0, 0.1) is 0 Å². The highest BCUT2D eigenvalue weighted by Crippen LogP contribution is 2.14. The fourth-order valence-corrected chi connectivity index (χ4v) is 1.81. The first kappa shape index (κ1) is 21.3. The lowest BCUT2D eigenvalue weighted by atomic mass is 10.1. The van der Waals surface area contributed by atoms with Gasteiger partial charge in [0.25, 0.3) is 0 Å². The van der Waals surface area contributed by atoms with Crippen LogP contribution < -0.4 is 11.1 Å². The molecule has 0 aromatic heterocycles. The maximum absolute atomic E-state index is 10.7. The predicted octanol–water partition coefficient (Wildman–Crippen LogP) is 3.09. The Labute approximate surface area is 133 Å². The van der Waals surface area contributed by atoms with Crippen molar-refractivity contribution in [2.75, 3.05) is 5.32 Å². The van der Waals surface area contributed by atoms with Crippen molar-refractivity contribution in [3.8, 4) is 0 Å². The average Bonchev–Trinajstić information content (AvgIpc) is 2.37. The van der Waals surface area contributed by atoms with E-state index in [2.05, 4.69) is 19.2 Å². The number of aliphatic carboxylic acids is 1. The van der Waals surface area contributed by atoms with Gasteiger partial charge in [0.15, 0.2) is 0 Å². The number of halogens is 2. The molecule has 4 N–H and O–H groups in total. The Bertz CT molecular complexity index is 381. The van der Waals surface area contributed by atoms with Gasteiger partial charge in [0.1, 0.15) is 6.04 Å². The van der Waals surface area contributed by atoms with Crippen molar-refractivity contribution >= 4 is 36.5 Å². The van der Waals surface area contributed by atoms with E-state index < -0.39 is 12.0 Å². The molecule has 0 aliphatic carbocycles. The van der Waals surface area contributed by atoms with Gasteiger partial charge in [-0.3, -0.25) is 4.79 Å². The monoisotopic (exact) mass is 322 g/mol. The summed E-state index contributed by atoms with van der Waals surface area (Å²) in [6, 6.07) is 7.45. The van der Waals surface area contributed by atoms with Crippen LogP contribution in [0.25, 0.3) is 0 Å². The van der Waals surface area contributed by atoms with E-state index in [9.17, 15) is 4.79 Å². The number of carboxylic acids is 1. The molecular weight excluding hydrogens is 299 g/mol. The van der Waals surface area contributed by atoms with Crippen LogP contribution in [0.2, 0.25) is 0 Å². The van der Waals surface area contributed by atoms with Gasteiger partial charge in [-0.25, -0.2) is 0 Å². The van der Waals surface area contributed by atoms with Crippen LogP contribution >= 0.6 is 24.8 Å². The van der Waals surface area contributed by atoms with Gasteiger partial charge < -0.3 is 16.2 Å². The standard InChI is InChI=1S/C14H22N2O2.2ClH/c1-3-11(4-2)16-12-7-5-10(6-8-12)9-13(15)14(17)18;;/h5-8,11,13,16H,3-4,9,15H2,1-2H3,(H,17,18);2*1H. The summed E-state index contributed by atoms with van der Waals surface area (Å²) in [4.78, 5) is 10.7. The first-order chi connectivity index (χ1) is 8.56. The van der Waals surface area contributed by atoms with Crippen molar-refractivity contribution in [1.82, 2.24) is 0 Å². The summed E-state index contributed by atoms with van der Waals surface area (Å²) in [5.74, 6) is -0.964. The molecule has 0 heterocycles. The quantitative estimate of drug-likeness (QED) is 0.721. The van der Waals surface area contributed by atoms with Gasteiger partial charge >= 0.3 is 5.97 Å². The Kier molecular flexibility index (Phi) is 11.5. The van der Waals surface area contributed by atoms with Crippen LogP contribution in [-0.2, 0) is 11.2 Å². The molecule has 116 valence electrons. The number of carboxylic acid groups (broad SMARTS) is 1. The van der Waals surface area contributed by atoms with E-state index in [1.54, 1.807) is 0 Å². The Balaban J connectivity index is 0. The van der Waals surface area contributed by atoms with Crippen molar-refractivity contribution in [2.45, 2.75) is 45.2 Å². The predicted molar refractivity (Wildman–Crippen MR) is 88.2 cm³/mol. The van der Waals surface area contributed by atoms with E-state index in [4.69, 9.17) is 10.8 Å². The van der Waals surface area contributed by atoms with Crippen molar-refractivity contribution in [3.63, 3.8) is 0 Å². The second-order valence-corrected chi connectivity index (χ2v) is 4.50. The Morgan fingerprint density at radius 2 is 1.70 bits per heavy atom. The Morgan fingerprint density at radius 1 is 1.20 bits per heavy atom. The largest absolute Gasteiger partial charge is 0.480 e. The van der Waals surface area contributed by atoms with E-state index in [-0.39, 0.29) is 24.8 Å². The normalized spacial score (nSPS) is 11.2. The molecule has 1 aromatic rings. The lowest BCUT2D eigenvalue weighted by Crippen LogP contribution is -2.32. The van der Waals surface area contributed by atoms with Gasteiger partial charge in [-0.05, 0) is 37.0 Å². The molecular formula is C14H24Cl2N2O2. The summed E-state index contributed by atoms with van der Waals surface area (Å²) in [5, 5.41) is 12.2. The third-order valence-electron chi connectivity index (χ3n) is 3.08. The third kappa shape index (κ3) is 6.98. The van der Waals surface area contributed by atoms with E-state index in [1.165, 1.54) is 0 Å². The van der Waals surface area contributed by atoms with Crippen molar-refractivity contribution < 1.29 is 9.90 Å². The molecule has 0 aliphatic rings. The molecule has 0 radical (unpaired) electrons. The van der Waals surface area contributed by atoms with Crippen LogP contribution in [0.5, 0.6) is 0 Å². The van der Waals surface area contributed by atoms with Crippen LogP contribution in [0.4, 0.5) is 5.69 Å². The molecule has 0 aliphatic heterocycles. The summed E-state index contributed by atoms with van der Waals surface area (Å²) in [6.07, 6.45) is 2.53. The maximum Gasteiger partial charge on any atom is 0.320 e. The second kappa shape index (κ2) is 10.8. The van der Waals surface area contributed by atoms with Crippen molar-refractivity contribution in [2.24, 2.45) is 5.73 Å². The van der Waals surface area contributed by atoms with Gasteiger partial charge in [-0.2, -0.15) is 0 Å². The number of rotatable bonds is 7. The zero-order valence-corrected chi connectivity index (χ0v) is 13.5. The fraction of sp³-hybridized carbons (Fsp3) is 0.500. The van der Waals surface area contributed by atoms with Crippen molar-refractivity contribution in [1.29, 1.82) is 0 Å². The van der Waals surface area contributed by atoms with E-state index >= 15 is 0 Å². The number of hydrogen-bond acceptors (Lipinski definition) is 3. The summed E-state index contributed by atoms with van der Waals surface area (Å²) >= 11 is 0. The summed E-state index contributed by atoms with van der Waals surface area (Å²) in [5.41, 5.74) is 7.51. The minimum Gasteiger partial charge on any atom is -0.480 e. The van der Waals surface area contributed by atoms with Gasteiger partial charge in [-0.1, -0.05) is 26.0 Å². The molecule has 0 saturated heterocycles. The molecule has 1 rings (SSSR count). The average molecular weight is 323 g/mol. The molecule has 0 saturated carbocycles. The number of carbonyl (C=O) groups is 1. The van der Waals surface area contributed by atoms with E-state index in [0.717, 1.165) is 24.1 Å². The Hall–Kier alpha value is -0.970. The summed E-state index contributed by atoms with van der Waals surface area (Å²) < 4.78 is 0. The molecule has 1 unspecified atom stereocenters. The van der Waals surface area contributed by atoms with Crippen LogP contribution in [0.3, 0.4) is 0 Å². The Morgan fingerprint density at radius 3 is 2.10 bits per heavy atom. The number of nitrogens with two attached hydrogens (primary N) is 1. The minimum absolute atomic E-state index is 0. The molecule has 0 fully saturated rings. The van der Waals surface area contributed by atoms with Gasteiger partial charge in [0.05, 0.1) is 0 Å². The highest BCUT2D eigenvalue weighted by molar-refractivity contribution is 5.85. The highest BCUT2D eigenvalue weighted by atomic mass is 35.5. The zero-order valence-electron chi connectivity index (χ0n) is 11.8. The smallest absolute Gasteiger partial charge is 0.320 e. The van der Waals surface area contributed by atoms with Crippen LogP contribution in [0.15, 0.2) is 24.3 Å². The van der Waals surface area contributed by atoms with Gasteiger partial charge in [0, 0.05) is 11.7 Å². The SMILES string of the molecule is CCC(CC)Nc1ccc(CC(N)C(=O)O)cc1.Cl.Cl. The molecule has 0 bridgehead atoms. The minimum atomic E-state index is -0.964.